The normalized spacial score (nSPS) is 12.7. The lowest BCUT2D eigenvalue weighted by Crippen LogP contribution is -2.38. The van der Waals surface area contributed by atoms with Gasteiger partial charge in [0.25, 0.3) is 0 Å². The molecule has 0 aliphatic heterocycles. The highest BCUT2D eigenvalue weighted by Crippen LogP contribution is 2.05. The van der Waals surface area contributed by atoms with Gasteiger partial charge in [0.05, 0.1) is 23.3 Å². The smallest absolute Gasteiger partial charge is 0.344 e. The molecule has 1 amide bonds. The van der Waals surface area contributed by atoms with Gasteiger partial charge in [-0.3, -0.25) is 9.11 Å². The van der Waals surface area contributed by atoms with Gasteiger partial charge in [-0.05, 0) is 18.1 Å². The minimum Gasteiger partial charge on any atom is -0.771 e. The highest BCUT2D eigenvalue weighted by Gasteiger charge is 2.12. The van der Waals surface area contributed by atoms with Crippen molar-refractivity contribution in [3.63, 3.8) is 0 Å². The van der Waals surface area contributed by atoms with Crippen molar-refractivity contribution >= 4 is 28.7 Å². The molecule has 9 heteroatoms. The maximum absolute atomic E-state index is 11.8. The van der Waals surface area contributed by atoms with Gasteiger partial charge in [0, 0.05) is 20.1 Å². The van der Waals surface area contributed by atoms with E-state index in [2.05, 4.69) is 5.10 Å². The SMILES string of the molecule is CN(CCN(C)C(=O)n1cc(Cl)cn1)CS(=O)[O-]. The fraction of sp³-hybridized carbons (Fsp3) is 0.556. The second-order valence-electron chi connectivity index (χ2n) is 3.82. The lowest BCUT2D eigenvalue weighted by molar-refractivity contribution is 0.201. The van der Waals surface area contributed by atoms with Crippen LogP contribution >= 0.6 is 11.6 Å². The summed E-state index contributed by atoms with van der Waals surface area (Å²) in [6.45, 7) is 0.842. The third-order valence-corrected chi connectivity index (χ3v) is 3.06. The summed E-state index contributed by atoms with van der Waals surface area (Å²) >= 11 is 3.55. The summed E-state index contributed by atoms with van der Waals surface area (Å²) in [5.74, 6) is -0.0599. The molecule has 0 aromatic carbocycles. The first-order valence-corrected chi connectivity index (χ1v) is 6.72. The Labute approximate surface area is 113 Å². The Morgan fingerprint density at radius 3 is 2.72 bits per heavy atom. The van der Waals surface area contributed by atoms with Crippen LogP contribution in [0, 0.1) is 0 Å². The van der Waals surface area contributed by atoms with E-state index in [4.69, 9.17) is 11.6 Å². The van der Waals surface area contributed by atoms with Crippen LogP contribution in [0.5, 0.6) is 0 Å². The number of halogens is 1. The molecule has 7 nitrogen and oxygen atoms in total. The van der Waals surface area contributed by atoms with E-state index in [1.165, 1.54) is 17.3 Å². The molecule has 102 valence electrons. The van der Waals surface area contributed by atoms with Crippen LogP contribution < -0.4 is 0 Å². The number of carbonyl (C=O) groups is 1. The molecule has 0 aliphatic rings. The molecule has 0 radical (unpaired) electrons. The maximum Gasteiger partial charge on any atom is 0.344 e. The Morgan fingerprint density at radius 1 is 1.56 bits per heavy atom. The van der Waals surface area contributed by atoms with E-state index < -0.39 is 11.1 Å². The quantitative estimate of drug-likeness (QED) is 0.725. The van der Waals surface area contributed by atoms with Crippen LogP contribution in [-0.2, 0) is 11.1 Å². The number of carbonyl (C=O) groups excluding carboxylic acids is 1. The fourth-order valence-corrected chi connectivity index (χ4v) is 1.87. The van der Waals surface area contributed by atoms with E-state index in [1.54, 1.807) is 19.0 Å². The maximum atomic E-state index is 11.8. The van der Waals surface area contributed by atoms with Gasteiger partial charge in [-0.2, -0.15) is 9.78 Å². The second-order valence-corrected chi connectivity index (χ2v) is 5.12. The van der Waals surface area contributed by atoms with Crippen molar-refractivity contribution in [1.82, 2.24) is 19.6 Å². The van der Waals surface area contributed by atoms with Crippen LogP contribution in [0.2, 0.25) is 5.02 Å². The van der Waals surface area contributed by atoms with Crippen LogP contribution in [0.15, 0.2) is 12.4 Å². The Morgan fingerprint density at radius 2 is 2.22 bits per heavy atom. The first-order chi connectivity index (χ1) is 8.40. The Balaban J connectivity index is 2.43. The number of aromatic nitrogens is 2. The fourth-order valence-electron chi connectivity index (χ4n) is 1.24. The van der Waals surface area contributed by atoms with Crippen molar-refractivity contribution in [1.29, 1.82) is 0 Å². The van der Waals surface area contributed by atoms with E-state index in [-0.39, 0.29) is 11.9 Å². The van der Waals surface area contributed by atoms with Gasteiger partial charge in [-0.15, -0.1) is 0 Å². The van der Waals surface area contributed by atoms with Gasteiger partial charge in [-0.25, -0.2) is 4.79 Å². The molecule has 1 aromatic rings. The molecule has 0 saturated carbocycles. The van der Waals surface area contributed by atoms with Gasteiger partial charge in [-0.1, -0.05) is 11.6 Å². The first-order valence-electron chi connectivity index (χ1n) is 5.10. The zero-order valence-corrected chi connectivity index (χ0v) is 11.6. The van der Waals surface area contributed by atoms with Crippen LogP contribution in [0.1, 0.15) is 0 Å². The van der Waals surface area contributed by atoms with E-state index >= 15 is 0 Å². The summed E-state index contributed by atoms with van der Waals surface area (Å²) < 4.78 is 22.1. The van der Waals surface area contributed by atoms with Gasteiger partial charge in [0.2, 0.25) is 0 Å². The lowest BCUT2D eigenvalue weighted by Gasteiger charge is -2.22. The minimum absolute atomic E-state index is 0.0599. The largest absolute Gasteiger partial charge is 0.771 e. The molecule has 1 rings (SSSR count). The van der Waals surface area contributed by atoms with E-state index in [1.807, 2.05) is 0 Å². The monoisotopic (exact) mass is 293 g/mol. The number of rotatable bonds is 5. The van der Waals surface area contributed by atoms with Crippen molar-refractivity contribution in [2.75, 3.05) is 33.1 Å². The molecule has 1 atom stereocenters. The standard InChI is InChI=1S/C9H15ClN4O3S/c1-12(7-18(16)17)3-4-13(2)9(15)14-6-8(10)5-11-14/h5-6H,3-4,7H2,1-2H3,(H,16,17)/p-1. The number of hydrogen-bond acceptors (Lipinski definition) is 5. The minimum atomic E-state index is -2.12. The van der Waals surface area contributed by atoms with E-state index in [0.29, 0.717) is 18.1 Å². The molecule has 1 unspecified atom stereocenters. The molecule has 0 spiro atoms. The third-order valence-electron chi connectivity index (χ3n) is 2.22. The molecule has 0 fully saturated rings. The summed E-state index contributed by atoms with van der Waals surface area (Å²) in [4.78, 5) is 14.9. The first kappa shape index (κ1) is 15.1. The number of nitrogens with zero attached hydrogens (tertiary/aromatic N) is 4. The van der Waals surface area contributed by atoms with Crippen LogP contribution in [0.3, 0.4) is 0 Å². The number of hydrogen-bond donors (Lipinski definition) is 0. The molecule has 18 heavy (non-hydrogen) atoms. The number of likely N-dealkylation sites (N-methyl/N-ethyl adjacent to an activating group) is 2. The summed E-state index contributed by atoms with van der Waals surface area (Å²) in [6.07, 6.45) is 2.79. The van der Waals surface area contributed by atoms with E-state index in [0.717, 1.165) is 4.68 Å². The van der Waals surface area contributed by atoms with Gasteiger partial charge < -0.3 is 9.45 Å². The van der Waals surface area contributed by atoms with Gasteiger partial charge >= 0.3 is 6.03 Å². The second kappa shape index (κ2) is 6.83. The zero-order valence-electron chi connectivity index (χ0n) is 10.1. The van der Waals surface area contributed by atoms with Crippen LogP contribution in [-0.4, -0.2) is 67.4 Å². The highest BCUT2D eigenvalue weighted by atomic mass is 35.5. The van der Waals surface area contributed by atoms with Gasteiger partial charge in [0.1, 0.15) is 0 Å². The Kier molecular flexibility index (Phi) is 5.73. The predicted octanol–water partition coefficient (Wildman–Crippen LogP) is 0.205. The third kappa shape index (κ3) is 4.73. The molecule has 1 aromatic heterocycles. The summed E-state index contributed by atoms with van der Waals surface area (Å²) in [6, 6.07) is -0.321. The molecule has 0 aliphatic carbocycles. The average molecular weight is 294 g/mol. The molecule has 1 heterocycles. The molecule has 0 N–H and O–H groups in total. The molecular weight excluding hydrogens is 280 g/mol. The molecule has 0 bridgehead atoms. The highest BCUT2D eigenvalue weighted by molar-refractivity contribution is 7.79. The van der Waals surface area contributed by atoms with Crippen molar-refractivity contribution < 1.29 is 13.6 Å². The number of amides is 1. The lowest BCUT2D eigenvalue weighted by atomic mass is 10.5. The summed E-state index contributed by atoms with van der Waals surface area (Å²) in [7, 11) is 3.28. The van der Waals surface area contributed by atoms with Crippen LogP contribution in [0.25, 0.3) is 0 Å². The summed E-state index contributed by atoms with van der Waals surface area (Å²) in [5.41, 5.74) is 0. The molecule has 0 saturated heterocycles. The van der Waals surface area contributed by atoms with Crippen molar-refractivity contribution in [3.8, 4) is 0 Å². The van der Waals surface area contributed by atoms with Crippen molar-refractivity contribution in [2.24, 2.45) is 0 Å². The van der Waals surface area contributed by atoms with Crippen LogP contribution in [0.4, 0.5) is 4.79 Å². The Hall–Kier alpha value is -0.960. The predicted molar refractivity (Wildman–Crippen MR) is 67.1 cm³/mol. The van der Waals surface area contributed by atoms with Gasteiger partial charge in [0.15, 0.2) is 0 Å². The van der Waals surface area contributed by atoms with E-state index in [9.17, 15) is 13.6 Å². The Bertz CT molecular complexity index is 439. The summed E-state index contributed by atoms with van der Waals surface area (Å²) in [5, 5.41) is 4.18. The topological polar surface area (TPSA) is 81.5 Å². The zero-order chi connectivity index (χ0) is 13.7. The molecular formula is C9H14ClN4O3S-. The van der Waals surface area contributed by atoms with Crippen molar-refractivity contribution in [3.05, 3.63) is 17.4 Å². The average Bonchev–Trinajstić information content (AvgIpc) is 2.70. The van der Waals surface area contributed by atoms with Crippen molar-refractivity contribution in [2.45, 2.75) is 0 Å².